The second-order valence-electron chi connectivity index (χ2n) is 1.86. The molecule has 0 saturated heterocycles. The number of nitrogen functional groups attached to an aromatic ring is 1. The van der Waals surface area contributed by atoms with Crippen LogP contribution in [0.5, 0.6) is 0 Å². The Kier molecular flexibility index (Phi) is 4.87. The van der Waals surface area contributed by atoms with E-state index in [1.54, 1.807) is 12.1 Å². The first-order valence-electron chi connectivity index (χ1n) is 2.79. The zero-order chi connectivity index (χ0) is 6.69. The van der Waals surface area contributed by atoms with Crippen LogP contribution in [0.2, 0.25) is 0 Å². The van der Waals surface area contributed by atoms with E-state index in [0.717, 1.165) is 5.56 Å². The van der Waals surface area contributed by atoms with Crippen LogP contribution in [0.4, 0.5) is 5.69 Å². The van der Waals surface area contributed by atoms with E-state index in [9.17, 15) is 0 Å². The average Bonchev–Trinajstić information content (AvgIpc) is 1.90. The summed E-state index contributed by atoms with van der Waals surface area (Å²) in [6.45, 7) is 0.552. The molecule has 0 atom stereocenters. The molecule has 0 bridgehead atoms. The number of hydrogen-bond acceptors (Lipinski definition) is 2. The van der Waals surface area contributed by atoms with Crippen LogP contribution in [-0.2, 0) is 39.3 Å². The molecule has 51 valence electrons. The van der Waals surface area contributed by atoms with Gasteiger partial charge in [-0.25, -0.2) is 0 Å². The van der Waals surface area contributed by atoms with Gasteiger partial charge in [-0.15, -0.1) is 11.6 Å². The summed E-state index contributed by atoms with van der Waals surface area (Å²) in [5.74, 6) is 0. The largest absolute Gasteiger partial charge is 0.420 e. The quantitative estimate of drug-likeness (QED) is 0.524. The van der Waals surface area contributed by atoms with Gasteiger partial charge in [-0.05, 0) is 6.54 Å². The number of rotatable bonds is 1. The van der Waals surface area contributed by atoms with Crippen molar-refractivity contribution in [2.75, 3.05) is 5.73 Å². The van der Waals surface area contributed by atoms with Crippen LogP contribution >= 0.6 is 0 Å². The van der Waals surface area contributed by atoms with Gasteiger partial charge in [0.15, 0.2) is 0 Å². The minimum Gasteiger partial charge on any atom is -0.420 e. The molecule has 10 heavy (non-hydrogen) atoms. The Labute approximate surface area is 85.9 Å². The van der Waals surface area contributed by atoms with Gasteiger partial charge in [-0.1, -0.05) is 5.69 Å². The molecule has 1 radical (unpaired) electrons. The summed E-state index contributed by atoms with van der Waals surface area (Å²) >= 11 is 0. The number of anilines is 1. The van der Waals surface area contributed by atoms with Gasteiger partial charge in [0.05, 0.1) is 0 Å². The Balaban J connectivity index is 0.000000810. The van der Waals surface area contributed by atoms with Crippen LogP contribution in [-0.4, -0.2) is 0 Å². The smallest absolute Gasteiger partial charge is 0 e. The molecule has 1 aromatic carbocycles. The van der Waals surface area contributed by atoms with E-state index in [-0.39, 0.29) is 32.7 Å². The van der Waals surface area contributed by atoms with E-state index in [1.807, 2.05) is 6.07 Å². The molecule has 4 N–H and O–H groups in total. The molecule has 0 spiro atoms. The average molecular weight is 210 g/mol. The topological polar surface area (TPSA) is 52.0 Å². The van der Waals surface area contributed by atoms with Gasteiger partial charge < -0.3 is 11.5 Å². The van der Waals surface area contributed by atoms with E-state index < -0.39 is 0 Å². The molecule has 0 aliphatic heterocycles. The van der Waals surface area contributed by atoms with Gasteiger partial charge in [-0.3, -0.25) is 0 Å². The summed E-state index contributed by atoms with van der Waals surface area (Å²) in [7, 11) is 0. The van der Waals surface area contributed by atoms with Crippen molar-refractivity contribution in [3.8, 4) is 0 Å². The van der Waals surface area contributed by atoms with Crippen LogP contribution in [0, 0.1) is 6.07 Å². The van der Waals surface area contributed by atoms with Crippen molar-refractivity contribution in [3.63, 3.8) is 0 Å². The maximum absolute atomic E-state index is 5.38. The molecule has 0 saturated carbocycles. The Morgan fingerprint density at radius 3 is 2.50 bits per heavy atom. The Bertz CT molecular complexity index is 183. The fraction of sp³-hybridized carbons (Fsp3) is 0.143. The van der Waals surface area contributed by atoms with Crippen molar-refractivity contribution >= 4 is 5.69 Å². The van der Waals surface area contributed by atoms with Crippen LogP contribution < -0.4 is 11.5 Å². The van der Waals surface area contributed by atoms with Crippen LogP contribution in [0.15, 0.2) is 18.2 Å². The van der Waals surface area contributed by atoms with Crippen molar-refractivity contribution in [1.82, 2.24) is 0 Å². The van der Waals surface area contributed by atoms with Crippen molar-refractivity contribution in [3.05, 3.63) is 29.8 Å². The normalized spacial score (nSPS) is 8.50. The molecule has 0 unspecified atom stereocenters. The molecule has 0 amide bonds. The fourth-order valence-electron chi connectivity index (χ4n) is 0.596. The molecule has 0 aliphatic rings. The third-order valence-electron chi connectivity index (χ3n) is 1.14. The molecule has 1 aromatic rings. The number of hydrogen-bond donors (Lipinski definition) is 2. The molecule has 2 nitrogen and oxygen atoms in total. The molecule has 3 heteroatoms. The monoisotopic (exact) mass is 210 g/mol. The minimum atomic E-state index is 0. The van der Waals surface area contributed by atoms with Gasteiger partial charge in [0.2, 0.25) is 0 Å². The zero-order valence-electron chi connectivity index (χ0n) is 5.67. The second kappa shape index (κ2) is 4.83. The first-order chi connectivity index (χ1) is 4.33. The summed E-state index contributed by atoms with van der Waals surface area (Å²) in [5, 5.41) is 0. The van der Waals surface area contributed by atoms with Gasteiger partial charge in [0.25, 0.3) is 0 Å². The van der Waals surface area contributed by atoms with Gasteiger partial charge in [-0.2, -0.15) is 18.2 Å². The predicted molar refractivity (Wildman–Crippen MR) is 37.6 cm³/mol. The van der Waals surface area contributed by atoms with E-state index in [2.05, 4.69) is 6.07 Å². The molecule has 0 heterocycles. The van der Waals surface area contributed by atoms with E-state index >= 15 is 0 Å². The Morgan fingerprint density at radius 2 is 2.10 bits per heavy atom. The maximum atomic E-state index is 5.38. The van der Waals surface area contributed by atoms with E-state index in [4.69, 9.17) is 11.5 Å². The molecular weight excluding hydrogens is 201 g/mol. The van der Waals surface area contributed by atoms with E-state index in [0.29, 0.717) is 12.2 Å². The first kappa shape index (κ1) is 10.1. The molecule has 1 rings (SSSR count). The maximum Gasteiger partial charge on any atom is 0 e. The van der Waals surface area contributed by atoms with Crippen molar-refractivity contribution in [2.45, 2.75) is 6.54 Å². The van der Waals surface area contributed by atoms with Crippen molar-refractivity contribution in [2.24, 2.45) is 5.73 Å². The third kappa shape index (κ3) is 2.78. The summed E-state index contributed by atoms with van der Waals surface area (Å²) in [6, 6.07) is 8.34. The fourth-order valence-corrected chi connectivity index (χ4v) is 0.596. The zero-order valence-corrected chi connectivity index (χ0v) is 8.51. The van der Waals surface area contributed by atoms with Crippen LogP contribution in [0.25, 0.3) is 0 Å². The van der Waals surface area contributed by atoms with Gasteiger partial charge in [0, 0.05) is 32.7 Å². The van der Waals surface area contributed by atoms with E-state index in [1.165, 1.54) is 0 Å². The molecule has 0 fully saturated rings. The third-order valence-corrected chi connectivity index (χ3v) is 1.14. The molecular formula is C7H9N2Y-. The van der Waals surface area contributed by atoms with Crippen LogP contribution in [0.1, 0.15) is 5.56 Å². The molecule has 0 aliphatic carbocycles. The number of benzene rings is 1. The summed E-state index contributed by atoms with van der Waals surface area (Å²) in [4.78, 5) is 0. The van der Waals surface area contributed by atoms with Gasteiger partial charge in [0.1, 0.15) is 0 Å². The van der Waals surface area contributed by atoms with Crippen molar-refractivity contribution in [1.29, 1.82) is 0 Å². The number of nitrogens with two attached hydrogens (primary N) is 2. The predicted octanol–water partition coefficient (Wildman–Crippen LogP) is 0.525. The first-order valence-corrected chi connectivity index (χ1v) is 2.79. The Morgan fingerprint density at radius 1 is 1.40 bits per heavy atom. The summed E-state index contributed by atoms with van der Waals surface area (Å²) in [6.07, 6.45) is 0. The van der Waals surface area contributed by atoms with Crippen molar-refractivity contribution < 1.29 is 32.7 Å². The summed E-state index contributed by atoms with van der Waals surface area (Å²) < 4.78 is 0. The second-order valence-corrected chi connectivity index (χ2v) is 1.86. The molecule has 0 aromatic heterocycles. The summed E-state index contributed by atoms with van der Waals surface area (Å²) in [5.41, 5.74) is 12.4. The van der Waals surface area contributed by atoms with Crippen LogP contribution in [0.3, 0.4) is 0 Å². The standard InChI is InChI=1S/C7H9N2.Y/c8-5-6-1-3-7(9)4-2-6;/h1-3H,5,8-9H2;/q-1;. The minimum absolute atomic E-state index is 0. The Hall–Kier alpha value is 0.0839. The SMILES string of the molecule is NCc1c[c-]c(N)cc1.[Y]. The van der Waals surface area contributed by atoms with Gasteiger partial charge >= 0.3 is 0 Å².